The second-order valence-electron chi connectivity index (χ2n) is 5.51. The summed E-state index contributed by atoms with van der Waals surface area (Å²) in [6.45, 7) is 9.34. The Balaban J connectivity index is 2.37. The van der Waals surface area contributed by atoms with Gasteiger partial charge in [-0.1, -0.05) is 6.58 Å². The molecule has 0 saturated carbocycles. The summed E-state index contributed by atoms with van der Waals surface area (Å²) in [5.41, 5.74) is 0.301. The maximum Gasteiger partial charge on any atom is 0.302 e. The normalized spacial score (nSPS) is 18.7. The van der Waals surface area contributed by atoms with Crippen LogP contribution in [0.1, 0.15) is 33.1 Å². The van der Waals surface area contributed by atoms with Crippen LogP contribution in [-0.2, 0) is 14.3 Å². The lowest BCUT2D eigenvalue weighted by atomic mass is 9.89. The molecule has 5 heteroatoms. The van der Waals surface area contributed by atoms with E-state index < -0.39 is 0 Å². The smallest absolute Gasteiger partial charge is 0.302 e. The van der Waals surface area contributed by atoms with Crippen LogP contribution in [0.25, 0.3) is 0 Å². The van der Waals surface area contributed by atoms with Crippen LogP contribution in [0.4, 0.5) is 0 Å². The average Bonchev–Trinajstić information content (AvgIpc) is 2.32. The van der Waals surface area contributed by atoms with E-state index in [1.807, 2.05) is 0 Å². The summed E-state index contributed by atoms with van der Waals surface area (Å²) in [5.74, 6) is -0.477. The van der Waals surface area contributed by atoms with E-state index in [2.05, 4.69) is 30.8 Å². The van der Waals surface area contributed by atoms with E-state index in [1.165, 1.54) is 6.92 Å². The first-order chi connectivity index (χ1) is 8.82. The Labute approximate surface area is 115 Å². The quantitative estimate of drug-likeness (QED) is 0.599. The van der Waals surface area contributed by atoms with Crippen LogP contribution in [0.3, 0.4) is 0 Å². The van der Waals surface area contributed by atoms with Crippen molar-refractivity contribution in [3.63, 3.8) is 0 Å². The highest BCUT2D eigenvalue weighted by Gasteiger charge is 2.30. The first-order valence-electron chi connectivity index (χ1n) is 6.64. The molecule has 0 atom stereocenters. The molecule has 1 amide bonds. The molecule has 1 fully saturated rings. The van der Waals surface area contributed by atoms with Crippen LogP contribution in [0.5, 0.6) is 0 Å². The van der Waals surface area contributed by atoms with Gasteiger partial charge in [0.05, 0.1) is 6.61 Å². The van der Waals surface area contributed by atoms with Crippen molar-refractivity contribution in [2.24, 2.45) is 0 Å². The monoisotopic (exact) mass is 268 g/mol. The molecule has 5 nitrogen and oxygen atoms in total. The summed E-state index contributed by atoms with van der Waals surface area (Å²) in [5, 5.41) is 3.05. The van der Waals surface area contributed by atoms with Crippen LogP contribution in [-0.4, -0.2) is 49.1 Å². The van der Waals surface area contributed by atoms with Gasteiger partial charge in [-0.25, -0.2) is 0 Å². The minimum Gasteiger partial charge on any atom is -0.466 e. The Hall–Kier alpha value is -1.36. The van der Waals surface area contributed by atoms with Gasteiger partial charge in [0.25, 0.3) is 0 Å². The molecule has 0 radical (unpaired) electrons. The molecule has 1 N–H and O–H groups in total. The van der Waals surface area contributed by atoms with E-state index in [9.17, 15) is 9.59 Å². The van der Waals surface area contributed by atoms with Gasteiger partial charge in [0, 0.05) is 37.5 Å². The van der Waals surface area contributed by atoms with Gasteiger partial charge in [0.2, 0.25) is 5.91 Å². The van der Waals surface area contributed by atoms with Crippen LogP contribution >= 0.6 is 0 Å². The number of rotatable bonds is 5. The summed E-state index contributed by atoms with van der Waals surface area (Å²) < 4.78 is 4.81. The highest BCUT2D eigenvalue weighted by atomic mass is 16.5. The van der Waals surface area contributed by atoms with Crippen LogP contribution in [0, 0.1) is 0 Å². The summed E-state index contributed by atoms with van der Waals surface area (Å²) in [6, 6.07) is 0. The molecule has 0 aromatic rings. The zero-order valence-electron chi connectivity index (χ0n) is 12.1. The number of amides is 1. The number of ether oxygens (including phenoxy) is 1. The Bertz CT molecular complexity index is 358. The van der Waals surface area contributed by atoms with Gasteiger partial charge < -0.3 is 15.0 Å². The fourth-order valence-electron chi connectivity index (χ4n) is 2.03. The molecule has 1 aliphatic rings. The zero-order valence-corrected chi connectivity index (χ0v) is 12.1. The lowest BCUT2D eigenvalue weighted by molar-refractivity contribution is -0.141. The van der Waals surface area contributed by atoms with Gasteiger partial charge >= 0.3 is 5.97 Å². The molecule has 108 valence electrons. The second-order valence-corrected chi connectivity index (χ2v) is 5.51. The van der Waals surface area contributed by atoms with Crippen LogP contribution in [0.2, 0.25) is 0 Å². The number of carbonyl (C=O) groups excluding carboxylic acids is 2. The van der Waals surface area contributed by atoms with E-state index in [4.69, 9.17) is 4.74 Å². The standard InChI is InChI=1S/C14H24N2O3/c1-11(5-10-19-12(2)17)13(18)15-14(3)6-8-16(4)9-7-14/h1,5-10H2,2-4H3,(H,15,18). The number of likely N-dealkylation sites (tertiary alicyclic amines) is 1. The molecule has 1 heterocycles. The van der Waals surface area contributed by atoms with Crippen molar-refractivity contribution in [1.29, 1.82) is 0 Å². The van der Waals surface area contributed by atoms with Crippen molar-refractivity contribution in [3.8, 4) is 0 Å². The molecule has 0 aromatic heterocycles. The van der Waals surface area contributed by atoms with Gasteiger partial charge in [-0.05, 0) is 26.8 Å². The molecule has 0 spiro atoms. The molecular formula is C14H24N2O3. The predicted molar refractivity (Wildman–Crippen MR) is 73.7 cm³/mol. The van der Waals surface area contributed by atoms with E-state index in [-0.39, 0.29) is 24.0 Å². The number of nitrogens with zero attached hydrogens (tertiary/aromatic N) is 1. The molecule has 1 saturated heterocycles. The summed E-state index contributed by atoms with van der Waals surface area (Å²) >= 11 is 0. The molecule has 0 unspecified atom stereocenters. The van der Waals surface area contributed by atoms with Crippen molar-refractivity contribution in [3.05, 3.63) is 12.2 Å². The molecular weight excluding hydrogens is 244 g/mol. The Morgan fingerprint density at radius 1 is 1.37 bits per heavy atom. The summed E-state index contributed by atoms with van der Waals surface area (Å²) in [4.78, 5) is 24.9. The van der Waals surface area contributed by atoms with Crippen molar-refractivity contribution in [2.45, 2.75) is 38.6 Å². The minimum atomic E-state index is -0.338. The summed E-state index contributed by atoms with van der Waals surface area (Å²) in [7, 11) is 2.08. The van der Waals surface area contributed by atoms with Crippen molar-refractivity contribution < 1.29 is 14.3 Å². The first kappa shape index (κ1) is 15.7. The molecule has 1 rings (SSSR count). The van der Waals surface area contributed by atoms with E-state index in [0.717, 1.165) is 25.9 Å². The number of nitrogens with one attached hydrogen (secondary N) is 1. The molecule has 0 bridgehead atoms. The number of carbonyl (C=O) groups is 2. The van der Waals surface area contributed by atoms with Gasteiger partial charge in [0.15, 0.2) is 0 Å². The third-order valence-electron chi connectivity index (χ3n) is 3.54. The third kappa shape index (κ3) is 5.42. The SMILES string of the molecule is C=C(CCOC(C)=O)C(=O)NC1(C)CCN(C)CC1. The van der Waals surface area contributed by atoms with Crippen LogP contribution < -0.4 is 5.32 Å². The fourth-order valence-corrected chi connectivity index (χ4v) is 2.03. The Morgan fingerprint density at radius 2 is 1.95 bits per heavy atom. The van der Waals surface area contributed by atoms with E-state index in [1.54, 1.807) is 0 Å². The molecule has 19 heavy (non-hydrogen) atoms. The van der Waals surface area contributed by atoms with Gasteiger partial charge in [0.1, 0.15) is 0 Å². The number of esters is 1. The zero-order chi connectivity index (χ0) is 14.5. The van der Waals surface area contributed by atoms with Gasteiger partial charge in [-0.2, -0.15) is 0 Å². The number of piperidine rings is 1. The van der Waals surface area contributed by atoms with Crippen molar-refractivity contribution in [1.82, 2.24) is 10.2 Å². The molecule has 0 aromatic carbocycles. The van der Waals surface area contributed by atoms with E-state index in [0.29, 0.717) is 12.0 Å². The molecule has 0 aliphatic carbocycles. The maximum atomic E-state index is 12.0. The predicted octanol–water partition coefficient (Wildman–Crippen LogP) is 1.10. The Morgan fingerprint density at radius 3 is 2.47 bits per heavy atom. The van der Waals surface area contributed by atoms with E-state index >= 15 is 0 Å². The average molecular weight is 268 g/mol. The number of hydrogen-bond donors (Lipinski definition) is 1. The van der Waals surface area contributed by atoms with Crippen molar-refractivity contribution in [2.75, 3.05) is 26.7 Å². The molecule has 1 aliphatic heterocycles. The maximum absolute atomic E-state index is 12.0. The summed E-state index contributed by atoms with van der Waals surface area (Å²) in [6.07, 6.45) is 2.25. The first-order valence-corrected chi connectivity index (χ1v) is 6.64. The lowest BCUT2D eigenvalue weighted by Crippen LogP contribution is -2.52. The topological polar surface area (TPSA) is 58.6 Å². The largest absolute Gasteiger partial charge is 0.466 e. The Kier molecular flexibility index (Phi) is 5.54. The number of hydrogen-bond acceptors (Lipinski definition) is 4. The third-order valence-corrected chi connectivity index (χ3v) is 3.54. The van der Waals surface area contributed by atoms with Gasteiger partial charge in [-0.15, -0.1) is 0 Å². The van der Waals surface area contributed by atoms with Gasteiger partial charge in [-0.3, -0.25) is 9.59 Å². The van der Waals surface area contributed by atoms with Crippen molar-refractivity contribution >= 4 is 11.9 Å². The highest BCUT2D eigenvalue weighted by Crippen LogP contribution is 2.21. The second kappa shape index (κ2) is 6.70. The minimum absolute atomic E-state index is 0.140. The fraction of sp³-hybridized carbons (Fsp3) is 0.714. The van der Waals surface area contributed by atoms with Crippen LogP contribution in [0.15, 0.2) is 12.2 Å². The lowest BCUT2D eigenvalue weighted by Gasteiger charge is -2.38. The highest BCUT2D eigenvalue weighted by molar-refractivity contribution is 5.93.